The zero-order valence-corrected chi connectivity index (χ0v) is 17.2. The van der Waals surface area contributed by atoms with Crippen molar-refractivity contribution in [1.29, 1.82) is 0 Å². The van der Waals surface area contributed by atoms with Crippen LogP contribution in [0.1, 0.15) is 16.7 Å². The van der Waals surface area contributed by atoms with Crippen LogP contribution in [-0.4, -0.2) is 21.9 Å². The Bertz CT molecular complexity index is 1060. The number of hydrogen-bond donors (Lipinski definition) is 1. The first kappa shape index (κ1) is 23.6. The maximum atomic E-state index is 12.9. The van der Waals surface area contributed by atoms with Gasteiger partial charge in [0.15, 0.2) is 0 Å². The van der Waals surface area contributed by atoms with Crippen LogP contribution in [-0.2, 0) is 17.1 Å². The van der Waals surface area contributed by atoms with Crippen molar-refractivity contribution in [2.75, 3.05) is 11.1 Å². The highest BCUT2D eigenvalue weighted by atomic mass is 32.2. The Kier molecular flexibility index (Phi) is 6.77. The summed E-state index contributed by atoms with van der Waals surface area (Å²) in [6.07, 6.45) is -9.99. The Morgan fingerprint density at radius 3 is 1.97 bits per heavy atom. The number of nitrogens with one attached hydrogen (secondary N) is 1. The van der Waals surface area contributed by atoms with E-state index in [2.05, 4.69) is 15.5 Å². The number of halogens is 6. The third kappa shape index (κ3) is 6.22. The summed E-state index contributed by atoms with van der Waals surface area (Å²) in [6, 6.07) is 11.8. The molecule has 3 aromatic rings. The maximum Gasteiger partial charge on any atom is 0.416 e. The normalized spacial score (nSPS) is 12.0. The van der Waals surface area contributed by atoms with Gasteiger partial charge in [0, 0.05) is 11.3 Å². The van der Waals surface area contributed by atoms with Gasteiger partial charge < -0.3 is 5.32 Å². The van der Waals surface area contributed by atoms with E-state index >= 15 is 0 Å². The van der Waals surface area contributed by atoms with Gasteiger partial charge in [-0.1, -0.05) is 41.6 Å². The van der Waals surface area contributed by atoms with E-state index in [0.717, 1.165) is 22.9 Å². The van der Waals surface area contributed by atoms with Crippen LogP contribution in [0.15, 0.2) is 59.6 Å². The fraction of sp³-hybridized carbons (Fsp3) is 0.190. The summed E-state index contributed by atoms with van der Waals surface area (Å²) < 4.78 is 77.5. The van der Waals surface area contributed by atoms with Gasteiger partial charge in [-0.2, -0.15) is 26.3 Å². The number of carbonyl (C=O) groups is 1. The lowest BCUT2D eigenvalue weighted by molar-refractivity contribution is -0.143. The molecule has 3 rings (SSSR count). The van der Waals surface area contributed by atoms with E-state index in [1.54, 1.807) is 12.1 Å². The SMILES string of the molecule is Cc1ccc(-c2ccc(SCC(=O)Nc3cc(C(F)(F)F)cc(C(F)(F)F)c3)nn2)cc1. The molecule has 0 aliphatic heterocycles. The van der Waals surface area contributed by atoms with Crippen LogP contribution < -0.4 is 5.32 Å². The second kappa shape index (κ2) is 9.19. The van der Waals surface area contributed by atoms with E-state index in [-0.39, 0.29) is 11.8 Å². The van der Waals surface area contributed by atoms with E-state index in [9.17, 15) is 31.1 Å². The number of alkyl halides is 6. The zero-order valence-electron chi connectivity index (χ0n) is 16.4. The van der Waals surface area contributed by atoms with E-state index in [0.29, 0.717) is 22.9 Å². The predicted molar refractivity (Wildman–Crippen MR) is 108 cm³/mol. The molecule has 0 radical (unpaired) electrons. The molecule has 0 aliphatic carbocycles. The van der Waals surface area contributed by atoms with Gasteiger partial charge in [-0.3, -0.25) is 4.79 Å². The fourth-order valence-electron chi connectivity index (χ4n) is 2.64. The average molecular weight is 471 g/mol. The molecule has 1 N–H and O–H groups in total. The van der Waals surface area contributed by atoms with E-state index < -0.39 is 35.1 Å². The molecule has 0 unspecified atom stereocenters. The van der Waals surface area contributed by atoms with Crippen LogP contribution in [0.3, 0.4) is 0 Å². The van der Waals surface area contributed by atoms with Crippen molar-refractivity contribution in [1.82, 2.24) is 10.2 Å². The molecule has 0 saturated heterocycles. The molecule has 1 heterocycles. The average Bonchev–Trinajstić information content (AvgIpc) is 2.72. The largest absolute Gasteiger partial charge is 0.416 e. The topological polar surface area (TPSA) is 54.9 Å². The van der Waals surface area contributed by atoms with Crippen molar-refractivity contribution in [2.45, 2.75) is 24.3 Å². The van der Waals surface area contributed by atoms with Crippen molar-refractivity contribution in [3.05, 3.63) is 71.3 Å². The summed E-state index contributed by atoms with van der Waals surface area (Å²) in [7, 11) is 0. The first-order valence-corrected chi connectivity index (χ1v) is 10.0. The molecule has 1 amide bonds. The summed E-state index contributed by atoms with van der Waals surface area (Å²) in [6.45, 7) is 1.95. The van der Waals surface area contributed by atoms with Gasteiger partial charge >= 0.3 is 12.4 Å². The number of benzene rings is 2. The smallest absolute Gasteiger partial charge is 0.325 e. The molecular formula is C21H15F6N3OS. The molecule has 0 spiro atoms. The Morgan fingerprint density at radius 2 is 1.47 bits per heavy atom. The highest BCUT2D eigenvalue weighted by Gasteiger charge is 2.37. The molecule has 168 valence electrons. The summed E-state index contributed by atoms with van der Waals surface area (Å²) in [4.78, 5) is 12.1. The number of anilines is 1. The molecule has 0 atom stereocenters. The second-order valence-corrected chi connectivity index (χ2v) is 7.75. The van der Waals surface area contributed by atoms with Crippen molar-refractivity contribution in [3.63, 3.8) is 0 Å². The van der Waals surface area contributed by atoms with Gasteiger partial charge in [-0.25, -0.2) is 0 Å². The van der Waals surface area contributed by atoms with Gasteiger partial charge in [0.2, 0.25) is 5.91 Å². The monoisotopic (exact) mass is 471 g/mol. The Hall–Kier alpha value is -3.08. The van der Waals surface area contributed by atoms with Crippen LogP contribution >= 0.6 is 11.8 Å². The van der Waals surface area contributed by atoms with Gasteiger partial charge in [0.05, 0.1) is 22.6 Å². The lowest BCUT2D eigenvalue weighted by Gasteiger charge is -2.14. The van der Waals surface area contributed by atoms with Gasteiger partial charge in [0.1, 0.15) is 5.03 Å². The Labute approximate surface area is 183 Å². The third-order valence-electron chi connectivity index (χ3n) is 4.21. The number of amides is 1. The molecule has 0 aliphatic rings. The van der Waals surface area contributed by atoms with Crippen LogP contribution in [0.2, 0.25) is 0 Å². The Morgan fingerprint density at radius 1 is 0.875 bits per heavy atom. The summed E-state index contributed by atoms with van der Waals surface area (Å²) in [5, 5.41) is 10.5. The number of rotatable bonds is 5. The number of nitrogens with zero attached hydrogens (tertiary/aromatic N) is 2. The minimum absolute atomic E-state index is 0.00437. The van der Waals surface area contributed by atoms with Gasteiger partial charge in [-0.05, 0) is 37.3 Å². The molecule has 11 heteroatoms. The van der Waals surface area contributed by atoms with Crippen LogP contribution in [0.4, 0.5) is 32.0 Å². The number of hydrogen-bond acceptors (Lipinski definition) is 4. The first-order valence-electron chi connectivity index (χ1n) is 9.05. The molecule has 32 heavy (non-hydrogen) atoms. The Balaban J connectivity index is 1.66. The molecule has 0 saturated carbocycles. The van der Waals surface area contributed by atoms with Gasteiger partial charge in [-0.15, -0.1) is 10.2 Å². The number of thioether (sulfide) groups is 1. The predicted octanol–water partition coefficient (Wildman–Crippen LogP) is 6.22. The molecule has 4 nitrogen and oxygen atoms in total. The molecular weight excluding hydrogens is 456 g/mol. The molecule has 0 fully saturated rings. The third-order valence-corrected chi connectivity index (χ3v) is 5.13. The van der Waals surface area contributed by atoms with E-state index in [1.807, 2.05) is 31.2 Å². The van der Waals surface area contributed by atoms with Gasteiger partial charge in [0.25, 0.3) is 0 Å². The van der Waals surface area contributed by atoms with E-state index in [4.69, 9.17) is 0 Å². The number of carbonyl (C=O) groups excluding carboxylic acids is 1. The molecule has 1 aromatic heterocycles. The second-order valence-electron chi connectivity index (χ2n) is 6.75. The highest BCUT2D eigenvalue weighted by Crippen LogP contribution is 2.37. The van der Waals surface area contributed by atoms with Crippen molar-refractivity contribution in [3.8, 4) is 11.3 Å². The number of aromatic nitrogens is 2. The molecule has 2 aromatic carbocycles. The van der Waals surface area contributed by atoms with Crippen molar-refractivity contribution >= 4 is 23.4 Å². The summed E-state index contributed by atoms with van der Waals surface area (Å²) >= 11 is 0.944. The van der Waals surface area contributed by atoms with Crippen LogP contribution in [0, 0.1) is 6.92 Å². The lowest BCUT2D eigenvalue weighted by atomic mass is 10.1. The van der Waals surface area contributed by atoms with Crippen LogP contribution in [0.25, 0.3) is 11.3 Å². The standard InChI is InChI=1S/C21H15F6N3OS/c1-12-2-4-13(5-3-12)17-6-7-19(30-29-17)32-11-18(31)28-16-9-14(20(22,23)24)8-15(10-16)21(25,26)27/h2-10H,11H2,1H3,(H,28,31). The zero-order chi connectivity index (χ0) is 23.5. The number of aryl methyl sites for hydroxylation is 1. The lowest BCUT2D eigenvalue weighted by Crippen LogP contribution is -2.17. The minimum atomic E-state index is -5.00. The first-order chi connectivity index (χ1) is 14.9. The van der Waals surface area contributed by atoms with E-state index in [1.165, 1.54) is 0 Å². The highest BCUT2D eigenvalue weighted by molar-refractivity contribution is 7.99. The maximum absolute atomic E-state index is 12.9. The quantitative estimate of drug-likeness (QED) is 0.355. The van der Waals surface area contributed by atoms with Crippen LogP contribution in [0.5, 0.6) is 0 Å². The summed E-state index contributed by atoms with van der Waals surface area (Å²) in [5.41, 5.74) is -1.06. The summed E-state index contributed by atoms with van der Waals surface area (Å²) in [5.74, 6) is -1.07. The minimum Gasteiger partial charge on any atom is -0.325 e. The van der Waals surface area contributed by atoms with Crippen molar-refractivity contribution in [2.24, 2.45) is 0 Å². The fourth-order valence-corrected chi connectivity index (χ4v) is 3.25. The molecule has 0 bridgehead atoms. The van der Waals surface area contributed by atoms with Crippen molar-refractivity contribution < 1.29 is 31.1 Å².